The van der Waals surface area contributed by atoms with Crippen LogP contribution in [0.25, 0.3) is 0 Å². The lowest BCUT2D eigenvalue weighted by atomic mass is 10.3. The molecule has 0 radical (unpaired) electrons. The van der Waals surface area contributed by atoms with E-state index in [1.54, 1.807) is 0 Å². The maximum absolute atomic E-state index is 4.41. The Labute approximate surface area is 85.0 Å². The van der Waals surface area contributed by atoms with E-state index in [2.05, 4.69) is 43.2 Å². The van der Waals surface area contributed by atoms with Gasteiger partial charge in [0.05, 0.1) is 6.54 Å². The second-order valence-electron chi connectivity index (χ2n) is 3.88. The number of rotatable bonds is 3. The van der Waals surface area contributed by atoms with E-state index >= 15 is 0 Å². The Hall–Kier alpha value is -0.220. The third kappa shape index (κ3) is 4.00. The summed E-state index contributed by atoms with van der Waals surface area (Å²) in [7, 11) is 4.18. The molecular formula is C9H19N3S. The van der Waals surface area contributed by atoms with Crippen molar-refractivity contribution in [1.29, 1.82) is 0 Å². The van der Waals surface area contributed by atoms with Crippen LogP contribution in [-0.4, -0.2) is 48.5 Å². The molecule has 0 bridgehead atoms. The molecule has 0 aliphatic carbocycles. The number of thioether (sulfide) groups is 1. The largest absolute Gasteiger partial charge is 0.361 e. The van der Waals surface area contributed by atoms with E-state index in [9.17, 15) is 0 Å². The van der Waals surface area contributed by atoms with Crippen LogP contribution in [0.3, 0.4) is 0 Å². The molecule has 4 heteroatoms. The van der Waals surface area contributed by atoms with Crippen molar-refractivity contribution in [3.63, 3.8) is 0 Å². The van der Waals surface area contributed by atoms with Gasteiger partial charge in [-0.25, -0.2) is 0 Å². The van der Waals surface area contributed by atoms with Crippen molar-refractivity contribution in [2.24, 2.45) is 4.99 Å². The lowest BCUT2D eigenvalue weighted by Gasteiger charge is -2.18. The van der Waals surface area contributed by atoms with E-state index in [-0.39, 0.29) is 0 Å². The Kier molecular flexibility index (Phi) is 4.06. The average Bonchev–Trinajstić information content (AvgIpc) is 2.33. The summed E-state index contributed by atoms with van der Waals surface area (Å²) >= 11 is 1.84. The second kappa shape index (κ2) is 4.86. The van der Waals surface area contributed by atoms with Gasteiger partial charge in [-0.1, -0.05) is 18.7 Å². The van der Waals surface area contributed by atoms with Gasteiger partial charge in [-0.15, -0.1) is 0 Å². The number of nitrogens with zero attached hydrogens (tertiary/aromatic N) is 2. The Morgan fingerprint density at radius 2 is 2.38 bits per heavy atom. The highest BCUT2D eigenvalue weighted by Crippen LogP contribution is 2.18. The van der Waals surface area contributed by atoms with Crippen LogP contribution in [0.15, 0.2) is 4.99 Å². The van der Waals surface area contributed by atoms with E-state index in [1.165, 1.54) is 0 Å². The molecule has 0 saturated heterocycles. The molecule has 2 atom stereocenters. The molecule has 13 heavy (non-hydrogen) atoms. The monoisotopic (exact) mass is 201 g/mol. The van der Waals surface area contributed by atoms with E-state index in [4.69, 9.17) is 0 Å². The first kappa shape index (κ1) is 10.9. The topological polar surface area (TPSA) is 27.6 Å². The highest BCUT2D eigenvalue weighted by Gasteiger charge is 2.16. The van der Waals surface area contributed by atoms with Crippen LogP contribution in [0.5, 0.6) is 0 Å². The van der Waals surface area contributed by atoms with Gasteiger partial charge in [0.15, 0.2) is 5.17 Å². The predicted octanol–water partition coefficient (Wildman–Crippen LogP) is 1.02. The molecule has 0 amide bonds. The molecule has 1 heterocycles. The number of nitrogens with one attached hydrogen (secondary N) is 1. The molecule has 0 spiro atoms. The van der Waals surface area contributed by atoms with E-state index in [1.807, 2.05) is 11.8 Å². The molecule has 1 aliphatic heterocycles. The van der Waals surface area contributed by atoms with E-state index in [0.717, 1.165) is 18.3 Å². The summed E-state index contributed by atoms with van der Waals surface area (Å²) in [5.74, 6) is 0. The summed E-state index contributed by atoms with van der Waals surface area (Å²) in [6, 6.07) is 0.478. The number of likely N-dealkylation sites (N-methyl/N-ethyl adjacent to an activating group) is 1. The van der Waals surface area contributed by atoms with Crippen LogP contribution < -0.4 is 5.32 Å². The lowest BCUT2D eigenvalue weighted by Crippen LogP contribution is -2.38. The first-order chi connectivity index (χ1) is 6.08. The second-order valence-corrected chi connectivity index (χ2v) is 5.31. The number of hydrogen-bond donors (Lipinski definition) is 1. The van der Waals surface area contributed by atoms with Crippen LogP contribution in [-0.2, 0) is 0 Å². The van der Waals surface area contributed by atoms with Gasteiger partial charge in [0.2, 0.25) is 0 Å². The van der Waals surface area contributed by atoms with Gasteiger partial charge in [-0.3, -0.25) is 4.99 Å². The van der Waals surface area contributed by atoms with Gasteiger partial charge in [-0.05, 0) is 21.0 Å². The highest BCUT2D eigenvalue weighted by molar-refractivity contribution is 8.14. The van der Waals surface area contributed by atoms with E-state index < -0.39 is 0 Å². The molecular weight excluding hydrogens is 182 g/mol. The van der Waals surface area contributed by atoms with Crippen LogP contribution in [0.4, 0.5) is 0 Å². The van der Waals surface area contributed by atoms with Crippen LogP contribution in [0.2, 0.25) is 0 Å². The van der Waals surface area contributed by atoms with Crippen LogP contribution in [0, 0.1) is 0 Å². The normalized spacial score (nSPS) is 24.7. The van der Waals surface area contributed by atoms with Crippen molar-refractivity contribution in [3.05, 3.63) is 0 Å². The third-order valence-electron chi connectivity index (χ3n) is 1.81. The predicted molar refractivity (Wildman–Crippen MR) is 60.5 cm³/mol. The fraction of sp³-hybridized carbons (Fsp3) is 0.889. The van der Waals surface area contributed by atoms with Crippen molar-refractivity contribution in [2.75, 3.05) is 27.2 Å². The smallest absolute Gasteiger partial charge is 0.157 e. The van der Waals surface area contributed by atoms with Crippen LogP contribution >= 0.6 is 11.8 Å². The van der Waals surface area contributed by atoms with Crippen molar-refractivity contribution < 1.29 is 0 Å². The first-order valence-electron chi connectivity index (χ1n) is 4.70. The molecule has 1 aliphatic rings. The lowest BCUT2D eigenvalue weighted by molar-refractivity contribution is 0.370. The Morgan fingerprint density at radius 1 is 1.69 bits per heavy atom. The highest BCUT2D eigenvalue weighted by atomic mass is 32.2. The number of hydrogen-bond acceptors (Lipinski definition) is 4. The zero-order valence-corrected chi connectivity index (χ0v) is 9.69. The molecule has 1 N–H and O–H groups in total. The van der Waals surface area contributed by atoms with Gasteiger partial charge in [0, 0.05) is 17.8 Å². The summed E-state index contributed by atoms with van der Waals surface area (Å²) in [5.41, 5.74) is 0. The molecule has 2 unspecified atom stereocenters. The summed E-state index contributed by atoms with van der Waals surface area (Å²) in [5, 5.41) is 5.17. The average molecular weight is 201 g/mol. The van der Waals surface area contributed by atoms with Gasteiger partial charge in [-0.2, -0.15) is 0 Å². The van der Waals surface area contributed by atoms with Gasteiger partial charge in [0.25, 0.3) is 0 Å². The maximum atomic E-state index is 4.41. The van der Waals surface area contributed by atoms with Crippen LogP contribution in [0.1, 0.15) is 13.8 Å². The number of amidine groups is 1. The van der Waals surface area contributed by atoms with Crippen molar-refractivity contribution in [3.8, 4) is 0 Å². The first-order valence-corrected chi connectivity index (χ1v) is 5.58. The van der Waals surface area contributed by atoms with Gasteiger partial charge < -0.3 is 10.2 Å². The SMILES string of the molecule is CC(CN(C)C)NC1=NCC(C)S1. The molecule has 3 nitrogen and oxygen atoms in total. The Bertz CT molecular complexity index is 191. The quantitative estimate of drug-likeness (QED) is 0.739. The summed E-state index contributed by atoms with van der Waals surface area (Å²) < 4.78 is 0. The molecule has 76 valence electrons. The molecule has 0 aromatic heterocycles. The third-order valence-corrected chi connectivity index (χ3v) is 2.84. The van der Waals surface area contributed by atoms with Crippen molar-refractivity contribution in [1.82, 2.24) is 10.2 Å². The number of aliphatic imine (C=N–C) groups is 1. The zero-order chi connectivity index (χ0) is 9.84. The fourth-order valence-electron chi connectivity index (χ4n) is 1.36. The minimum Gasteiger partial charge on any atom is -0.361 e. The summed E-state index contributed by atoms with van der Waals surface area (Å²) in [4.78, 5) is 6.60. The molecule has 0 aromatic carbocycles. The van der Waals surface area contributed by atoms with Gasteiger partial charge in [0.1, 0.15) is 0 Å². The fourth-order valence-corrected chi connectivity index (χ4v) is 2.31. The maximum Gasteiger partial charge on any atom is 0.157 e. The zero-order valence-electron chi connectivity index (χ0n) is 8.87. The summed E-state index contributed by atoms with van der Waals surface area (Å²) in [6.07, 6.45) is 0. The van der Waals surface area contributed by atoms with Gasteiger partial charge >= 0.3 is 0 Å². The van der Waals surface area contributed by atoms with Crippen molar-refractivity contribution >= 4 is 16.9 Å². The molecule has 0 fully saturated rings. The molecule has 0 saturated carbocycles. The van der Waals surface area contributed by atoms with E-state index in [0.29, 0.717) is 11.3 Å². The molecule has 0 aromatic rings. The Morgan fingerprint density at radius 3 is 2.85 bits per heavy atom. The molecule has 1 rings (SSSR count). The summed E-state index contributed by atoms with van der Waals surface area (Å²) in [6.45, 7) is 6.40. The Balaban J connectivity index is 2.24. The van der Waals surface area contributed by atoms with Crippen molar-refractivity contribution in [2.45, 2.75) is 25.1 Å². The minimum absolute atomic E-state index is 0.478. The standard InChI is InChI=1S/C9H19N3S/c1-7(6-12(3)4)11-9-10-5-8(2)13-9/h7-8H,5-6H2,1-4H3,(H,10,11). The minimum atomic E-state index is 0.478.